The third-order valence-electron chi connectivity index (χ3n) is 4.55. The number of nitrogens with zero attached hydrogens (tertiary/aromatic N) is 2. The summed E-state index contributed by atoms with van der Waals surface area (Å²) in [7, 11) is 1.90. The number of hydrogen-bond donors (Lipinski definition) is 2. The number of aromatic amines is 1. The summed E-state index contributed by atoms with van der Waals surface area (Å²) in [6.45, 7) is 1.99. The molecule has 1 fully saturated rings. The van der Waals surface area contributed by atoms with E-state index in [1.165, 1.54) is 0 Å². The van der Waals surface area contributed by atoms with Crippen molar-refractivity contribution in [2.45, 2.75) is 19.4 Å². The van der Waals surface area contributed by atoms with E-state index in [0.717, 1.165) is 24.0 Å². The van der Waals surface area contributed by atoms with Gasteiger partial charge in [0.25, 0.3) is 5.56 Å². The van der Waals surface area contributed by atoms with Crippen LogP contribution in [0.3, 0.4) is 0 Å². The molecule has 128 valence electrons. The average Bonchev–Trinajstić information content (AvgIpc) is 2.59. The number of aromatic nitrogens is 2. The molecule has 0 radical (unpaired) electrons. The van der Waals surface area contributed by atoms with Gasteiger partial charge in [-0.3, -0.25) is 14.2 Å². The van der Waals surface area contributed by atoms with Crippen LogP contribution in [0.15, 0.2) is 33.9 Å². The number of carbonyl (C=O) groups is 1. The maximum atomic E-state index is 12.6. The Morgan fingerprint density at radius 3 is 2.92 bits per heavy atom. The number of hydrogen-bond acceptors (Lipinski definition) is 4. The average molecular weight is 330 g/mol. The lowest BCUT2D eigenvalue weighted by Crippen LogP contribution is -2.46. The van der Waals surface area contributed by atoms with Crippen LogP contribution in [0.2, 0.25) is 0 Å². The number of benzene rings is 1. The van der Waals surface area contributed by atoms with Crippen molar-refractivity contribution >= 4 is 16.8 Å². The van der Waals surface area contributed by atoms with Crippen LogP contribution in [0.5, 0.6) is 0 Å². The van der Waals surface area contributed by atoms with Crippen molar-refractivity contribution in [3.63, 3.8) is 0 Å². The van der Waals surface area contributed by atoms with Crippen molar-refractivity contribution < 1.29 is 4.79 Å². The van der Waals surface area contributed by atoms with Crippen molar-refractivity contribution in [1.29, 1.82) is 0 Å². The van der Waals surface area contributed by atoms with Crippen molar-refractivity contribution in [3.05, 3.63) is 45.1 Å². The highest BCUT2D eigenvalue weighted by Gasteiger charge is 2.24. The number of likely N-dealkylation sites (tertiary alicyclic amines) is 1. The topological polar surface area (TPSA) is 87.2 Å². The first-order valence-electron chi connectivity index (χ1n) is 8.24. The zero-order chi connectivity index (χ0) is 17.1. The molecule has 2 heterocycles. The second-order valence-corrected chi connectivity index (χ2v) is 6.27. The predicted molar refractivity (Wildman–Crippen MR) is 92.1 cm³/mol. The Morgan fingerprint density at radius 2 is 2.12 bits per heavy atom. The molecule has 0 spiro atoms. The van der Waals surface area contributed by atoms with E-state index in [0.29, 0.717) is 29.9 Å². The summed E-state index contributed by atoms with van der Waals surface area (Å²) in [4.78, 5) is 41.6. The van der Waals surface area contributed by atoms with Crippen LogP contribution < -0.4 is 16.6 Å². The van der Waals surface area contributed by atoms with Gasteiger partial charge in [0.2, 0.25) is 5.91 Å². The van der Waals surface area contributed by atoms with Crippen LogP contribution in [0, 0.1) is 5.92 Å². The smallest absolute Gasteiger partial charge is 0.329 e. The molecule has 7 heteroatoms. The molecule has 7 nitrogen and oxygen atoms in total. The van der Waals surface area contributed by atoms with Gasteiger partial charge in [0.05, 0.1) is 10.9 Å². The zero-order valence-electron chi connectivity index (χ0n) is 13.7. The normalized spacial score (nSPS) is 18.0. The molecule has 3 rings (SSSR count). The Morgan fingerprint density at radius 1 is 1.33 bits per heavy atom. The molecule has 1 aromatic heterocycles. The molecule has 2 N–H and O–H groups in total. The Balaban J connectivity index is 1.83. The summed E-state index contributed by atoms with van der Waals surface area (Å²) in [5.41, 5.74) is -0.481. The Labute approximate surface area is 139 Å². The first-order chi connectivity index (χ1) is 11.6. The second kappa shape index (κ2) is 7.00. The minimum Gasteiger partial charge on any atom is -0.341 e. The van der Waals surface area contributed by atoms with Crippen LogP contribution in [0.4, 0.5) is 0 Å². The Hall–Kier alpha value is -2.41. The summed E-state index contributed by atoms with van der Waals surface area (Å²) < 4.78 is 0.992. The van der Waals surface area contributed by atoms with Gasteiger partial charge in [-0.25, -0.2) is 4.79 Å². The Kier molecular flexibility index (Phi) is 4.80. The zero-order valence-corrected chi connectivity index (χ0v) is 13.7. The highest BCUT2D eigenvalue weighted by Crippen LogP contribution is 2.16. The lowest BCUT2D eigenvalue weighted by molar-refractivity contribution is -0.133. The predicted octanol–water partition coefficient (Wildman–Crippen LogP) is 0.148. The van der Waals surface area contributed by atoms with Crippen LogP contribution in [0.25, 0.3) is 10.9 Å². The first-order valence-corrected chi connectivity index (χ1v) is 8.24. The summed E-state index contributed by atoms with van der Waals surface area (Å²) in [6, 6.07) is 6.82. The van der Waals surface area contributed by atoms with Gasteiger partial charge >= 0.3 is 5.69 Å². The lowest BCUT2D eigenvalue weighted by atomic mass is 9.98. The van der Waals surface area contributed by atoms with Gasteiger partial charge < -0.3 is 15.2 Å². The van der Waals surface area contributed by atoms with E-state index in [4.69, 9.17) is 0 Å². The van der Waals surface area contributed by atoms with Crippen LogP contribution in [-0.4, -0.2) is 47.0 Å². The first kappa shape index (κ1) is 16.4. The monoisotopic (exact) mass is 330 g/mol. The minimum atomic E-state index is -0.546. The fraction of sp³-hybridized carbons (Fsp3) is 0.471. The number of piperidine rings is 1. The molecule has 2 aromatic rings. The molecule has 0 saturated carbocycles. The summed E-state index contributed by atoms with van der Waals surface area (Å²) >= 11 is 0. The number of carbonyl (C=O) groups excluding carboxylic acids is 1. The number of amides is 1. The maximum absolute atomic E-state index is 12.6. The third-order valence-corrected chi connectivity index (χ3v) is 4.55. The van der Waals surface area contributed by atoms with E-state index in [1.54, 1.807) is 29.2 Å². The Bertz CT molecular complexity index is 853. The van der Waals surface area contributed by atoms with Crippen molar-refractivity contribution in [2.75, 3.05) is 26.7 Å². The fourth-order valence-electron chi connectivity index (χ4n) is 3.32. The van der Waals surface area contributed by atoms with Crippen molar-refractivity contribution in [1.82, 2.24) is 19.8 Å². The molecule has 24 heavy (non-hydrogen) atoms. The second-order valence-electron chi connectivity index (χ2n) is 6.27. The van der Waals surface area contributed by atoms with Gasteiger partial charge in [-0.05, 0) is 44.5 Å². The molecule has 1 aromatic carbocycles. The fourth-order valence-corrected chi connectivity index (χ4v) is 3.32. The summed E-state index contributed by atoms with van der Waals surface area (Å²) in [5, 5.41) is 3.55. The molecule has 0 bridgehead atoms. The van der Waals surface area contributed by atoms with Crippen LogP contribution in [0.1, 0.15) is 12.8 Å². The van der Waals surface area contributed by atoms with Gasteiger partial charge in [-0.15, -0.1) is 0 Å². The lowest BCUT2D eigenvalue weighted by Gasteiger charge is -2.32. The van der Waals surface area contributed by atoms with E-state index >= 15 is 0 Å². The number of nitrogens with one attached hydrogen (secondary N) is 2. The maximum Gasteiger partial charge on any atom is 0.329 e. The number of H-pyrrole nitrogens is 1. The molecule has 1 saturated heterocycles. The number of fused-ring (bicyclic) bond motifs is 1. The standard InChI is InChI=1S/C17H22N4O3/c1-18-9-12-5-4-8-20(10-12)15(22)11-21-16(23)13-6-2-3-7-14(13)19-17(21)24/h2-3,6-7,12,18H,4-5,8-11H2,1H3,(H,19,24). The molecule has 1 amide bonds. The highest BCUT2D eigenvalue weighted by atomic mass is 16.2. The van der Waals surface area contributed by atoms with Crippen LogP contribution >= 0.6 is 0 Å². The van der Waals surface area contributed by atoms with E-state index in [-0.39, 0.29) is 12.5 Å². The molecule has 1 atom stereocenters. The van der Waals surface area contributed by atoms with E-state index in [1.807, 2.05) is 7.05 Å². The van der Waals surface area contributed by atoms with E-state index in [2.05, 4.69) is 10.3 Å². The molecule has 1 aliphatic heterocycles. The van der Waals surface area contributed by atoms with Gasteiger partial charge in [-0.1, -0.05) is 12.1 Å². The summed E-state index contributed by atoms with van der Waals surface area (Å²) in [6.07, 6.45) is 2.03. The van der Waals surface area contributed by atoms with Gasteiger partial charge in [-0.2, -0.15) is 0 Å². The molecular weight excluding hydrogens is 308 g/mol. The highest BCUT2D eigenvalue weighted by molar-refractivity contribution is 5.79. The third kappa shape index (κ3) is 3.26. The van der Waals surface area contributed by atoms with Crippen molar-refractivity contribution in [3.8, 4) is 0 Å². The van der Waals surface area contributed by atoms with Crippen molar-refractivity contribution in [2.24, 2.45) is 5.92 Å². The van der Waals surface area contributed by atoms with Crippen LogP contribution in [-0.2, 0) is 11.3 Å². The number of para-hydroxylation sites is 1. The molecule has 0 aliphatic carbocycles. The quantitative estimate of drug-likeness (QED) is 0.835. The number of rotatable bonds is 4. The van der Waals surface area contributed by atoms with Gasteiger partial charge in [0.15, 0.2) is 0 Å². The molecule has 1 unspecified atom stereocenters. The van der Waals surface area contributed by atoms with Gasteiger partial charge in [0, 0.05) is 13.1 Å². The summed E-state index contributed by atoms with van der Waals surface area (Å²) in [5.74, 6) is 0.234. The minimum absolute atomic E-state index is 0.182. The van der Waals surface area contributed by atoms with E-state index in [9.17, 15) is 14.4 Å². The molecule has 1 aliphatic rings. The SMILES string of the molecule is CNCC1CCCN(C(=O)Cn2c(=O)[nH]c3ccccc3c2=O)C1. The largest absolute Gasteiger partial charge is 0.341 e. The molecular formula is C17H22N4O3. The van der Waals surface area contributed by atoms with E-state index < -0.39 is 11.2 Å². The van der Waals surface area contributed by atoms with Gasteiger partial charge in [0.1, 0.15) is 6.54 Å².